The van der Waals surface area contributed by atoms with Crippen LogP contribution in [0.1, 0.15) is 58.1 Å². The molecule has 0 saturated heterocycles. The summed E-state index contributed by atoms with van der Waals surface area (Å²) in [6.07, 6.45) is -9.92. The Hall–Kier alpha value is -2.80. The number of aromatic nitrogens is 2. The van der Waals surface area contributed by atoms with E-state index in [1.165, 1.54) is 24.3 Å². The quantitative estimate of drug-likeness (QED) is 0.214. The molecule has 2 heterocycles. The number of rotatable bonds is 7. The SMILES string of the molecule is CCC(O)(CC(O)c1sc(-c2ccc(C(F)(F)F)cc2)nc1C)c1sc(-c2ccc(C(F)(F)F)cc2)nc1C. The Labute approximate surface area is 228 Å². The molecule has 0 saturated carbocycles. The van der Waals surface area contributed by atoms with E-state index in [0.29, 0.717) is 42.3 Å². The monoisotopic (exact) mass is 586 g/mol. The highest BCUT2D eigenvalue weighted by atomic mass is 32.1. The normalized spacial score (nSPS) is 14.8. The van der Waals surface area contributed by atoms with Crippen LogP contribution in [0.25, 0.3) is 21.1 Å². The molecule has 0 amide bonds. The summed E-state index contributed by atoms with van der Waals surface area (Å²) in [6, 6.07) is 9.19. The second kappa shape index (κ2) is 10.6. The minimum atomic E-state index is -4.46. The molecule has 2 unspecified atom stereocenters. The minimum Gasteiger partial charge on any atom is -0.387 e. The van der Waals surface area contributed by atoms with Gasteiger partial charge < -0.3 is 10.2 Å². The Morgan fingerprint density at radius 3 is 1.62 bits per heavy atom. The number of thiazole rings is 2. The number of nitrogens with zero attached hydrogens (tertiary/aromatic N) is 2. The number of benzene rings is 2. The Morgan fingerprint density at radius 1 is 0.744 bits per heavy atom. The van der Waals surface area contributed by atoms with Gasteiger partial charge in [0.1, 0.15) is 15.6 Å². The molecule has 0 aliphatic carbocycles. The van der Waals surface area contributed by atoms with Gasteiger partial charge >= 0.3 is 12.4 Å². The molecule has 12 heteroatoms. The van der Waals surface area contributed by atoms with E-state index < -0.39 is 35.2 Å². The van der Waals surface area contributed by atoms with Crippen molar-refractivity contribution in [1.29, 1.82) is 0 Å². The third-order valence-corrected chi connectivity index (χ3v) is 9.10. The molecule has 208 valence electrons. The number of aliphatic hydroxyl groups excluding tert-OH is 1. The Bertz CT molecular complexity index is 1440. The first-order valence-corrected chi connectivity index (χ1v) is 13.5. The second-order valence-corrected chi connectivity index (χ2v) is 11.2. The summed E-state index contributed by atoms with van der Waals surface area (Å²) in [6.45, 7) is 5.11. The zero-order chi connectivity index (χ0) is 28.8. The fraction of sp³-hybridized carbons (Fsp3) is 0.333. The van der Waals surface area contributed by atoms with Gasteiger partial charge in [0.2, 0.25) is 0 Å². The standard InChI is InChI=1S/C27H24F6N2O2S2/c1-4-25(37,22-15(3)35-24(39-22)17-7-11-19(12-8-17)27(31,32)33)13-20(36)21-14(2)34-23(38-21)16-5-9-18(10-6-16)26(28,29)30/h5-12,20,36-37H,4,13H2,1-3H3. The van der Waals surface area contributed by atoms with Gasteiger partial charge in [-0.2, -0.15) is 26.3 Å². The average molecular weight is 587 g/mol. The maximum Gasteiger partial charge on any atom is 0.416 e. The fourth-order valence-corrected chi connectivity index (χ4v) is 6.50. The van der Waals surface area contributed by atoms with Crippen LogP contribution >= 0.6 is 22.7 Å². The molecule has 0 aliphatic heterocycles. The van der Waals surface area contributed by atoms with Crippen molar-refractivity contribution in [2.45, 2.75) is 57.7 Å². The molecular weight excluding hydrogens is 562 g/mol. The Kier molecular flexibility index (Phi) is 7.96. The molecule has 4 aromatic rings. The van der Waals surface area contributed by atoms with Gasteiger partial charge in [-0.15, -0.1) is 22.7 Å². The van der Waals surface area contributed by atoms with Gasteiger partial charge in [0.15, 0.2) is 0 Å². The highest BCUT2D eigenvalue weighted by molar-refractivity contribution is 7.15. The minimum absolute atomic E-state index is 0.103. The number of aliphatic hydroxyl groups is 2. The number of hydrogen-bond donors (Lipinski definition) is 2. The summed E-state index contributed by atoms with van der Waals surface area (Å²) in [7, 11) is 0. The first-order chi connectivity index (χ1) is 18.1. The maximum absolute atomic E-state index is 12.9. The first kappa shape index (κ1) is 29.2. The molecule has 0 radical (unpaired) electrons. The van der Waals surface area contributed by atoms with Crippen molar-refractivity contribution in [3.63, 3.8) is 0 Å². The van der Waals surface area contributed by atoms with E-state index in [4.69, 9.17) is 0 Å². The highest BCUT2D eigenvalue weighted by Gasteiger charge is 2.36. The van der Waals surface area contributed by atoms with Crippen molar-refractivity contribution >= 4 is 22.7 Å². The average Bonchev–Trinajstić information content (AvgIpc) is 3.46. The summed E-state index contributed by atoms with van der Waals surface area (Å²) >= 11 is 2.28. The van der Waals surface area contributed by atoms with Crippen molar-refractivity contribution in [2.24, 2.45) is 0 Å². The molecule has 2 atom stereocenters. The summed E-state index contributed by atoms with van der Waals surface area (Å²) in [5.74, 6) is 0. The summed E-state index contributed by atoms with van der Waals surface area (Å²) in [5.41, 5.74) is -1.10. The molecule has 39 heavy (non-hydrogen) atoms. The predicted molar refractivity (Wildman–Crippen MR) is 138 cm³/mol. The number of aryl methyl sites for hydroxylation is 2. The van der Waals surface area contributed by atoms with E-state index in [1.54, 1.807) is 20.8 Å². The van der Waals surface area contributed by atoms with Crippen LogP contribution in [-0.2, 0) is 18.0 Å². The van der Waals surface area contributed by atoms with Gasteiger partial charge in [0.05, 0.1) is 38.4 Å². The smallest absolute Gasteiger partial charge is 0.387 e. The third kappa shape index (κ3) is 6.19. The lowest BCUT2D eigenvalue weighted by molar-refractivity contribution is -0.138. The van der Waals surface area contributed by atoms with E-state index >= 15 is 0 Å². The van der Waals surface area contributed by atoms with E-state index in [9.17, 15) is 36.6 Å². The van der Waals surface area contributed by atoms with E-state index in [0.717, 1.165) is 46.9 Å². The van der Waals surface area contributed by atoms with Crippen molar-refractivity contribution in [2.75, 3.05) is 0 Å². The molecule has 0 aliphatic rings. The predicted octanol–water partition coefficient (Wildman–Crippen LogP) is 8.31. The second-order valence-electron chi connectivity index (χ2n) is 9.16. The molecule has 2 aromatic heterocycles. The zero-order valence-corrected chi connectivity index (χ0v) is 22.6. The lowest BCUT2D eigenvalue weighted by atomic mass is 9.90. The lowest BCUT2D eigenvalue weighted by Crippen LogP contribution is -2.27. The van der Waals surface area contributed by atoms with Crippen molar-refractivity contribution in [3.05, 3.63) is 80.8 Å². The van der Waals surface area contributed by atoms with Crippen LogP contribution in [0.15, 0.2) is 48.5 Å². The molecule has 0 bridgehead atoms. The Balaban J connectivity index is 1.57. The zero-order valence-electron chi connectivity index (χ0n) is 21.0. The molecule has 4 nitrogen and oxygen atoms in total. The topological polar surface area (TPSA) is 66.2 Å². The molecular formula is C27H24F6N2O2S2. The van der Waals surface area contributed by atoms with Gasteiger partial charge in [-0.3, -0.25) is 0 Å². The first-order valence-electron chi connectivity index (χ1n) is 11.8. The van der Waals surface area contributed by atoms with Gasteiger partial charge in [-0.05, 0) is 44.5 Å². The van der Waals surface area contributed by atoms with Crippen LogP contribution < -0.4 is 0 Å². The number of alkyl halides is 6. The number of halogens is 6. The third-order valence-electron chi connectivity index (χ3n) is 6.39. The largest absolute Gasteiger partial charge is 0.416 e. The van der Waals surface area contributed by atoms with Gasteiger partial charge in [-0.25, -0.2) is 9.97 Å². The van der Waals surface area contributed by atoms with Crippen molar-refractivity contribution in [3.8, 4) is 21.1 Å². The van der Waals surface area contributed by atoms with Crippen molar-refractivity contribution < 1.29 is 36.6 Å². The van der Waals surface area contributed by atoms with E-state index in [2.05, 4.69) is 9.97 Å². The molecule has 2 aromatic carbocycles. The maximum atomic E-state index is 12.9. The fourth-order valence-electron chi connectivity index (χ4n) is 4.21. The summed E-state index contributed by atoms with van der Waals surface area (Å²) in [5, 5.41) is 23.6. The van der Waals surface area contributed by atoms with Gasteiger partial charge in [-0.1, -0.05) is 31.2 Å². The summed E-state index contributed by atoms with van der Waals surface area (Å²) in [4.78, 5) is 9.84. The lowest BCUT2D eigenvalue weighted by Gasteiger charge is -2.28. The van der Waals surface area contributed by atoms with Crippen LogP contribution in [0.5, 0.6) is 0 Å². The van der Waals surface area contributed by atoms with Crippen LogP contribution in [0, 0.1) is 13.8 Å². The molecule has 4 rings (SSSR count). The van der Waals surface area contributed by atoms with Crippen LogP contribution in [-0.4, -0.2) is 20.2 Å². The molecule has 0 spiro atoms. The number of hydrogen-bond acceptors (Lipinski definition) is 6. The van der Waals surface area contributed by atoms with Crippen LogP contribution in [0.3, 0.4) is 0 Å². The van der Waals surface area contributed by atoms with Crippen LogP contribution in [0.4, 0.5) is 26.3 Å². The van der Waals surface area contributed by atoms with Crippen LogP contribution in [0.2, 0.25) is 0 Å². The molecule has 2 N–H and O–H groups in total. The van der Waals surface area contributed by atoms with Gasteiger partial charge in [0, 0.05) is 17.5 Å². The molecule has 0 fully saturated rings. The van der Waals surface area contributed by atoms with E-state index in [-0.39, 0.29) is 12.8 Å². The van der Waals surface area contributed by atoms with E-state index in [1.807, 2.05) is 0 Å². The summed E-state index contributed by atoms with van der Waals surface area (Å²) < 4.78 is 77.5. The van der Waals surface area contributed by atoms with Gasteiger partial charge in [0.25, 0.3) is 0 Å². The highest BCUT2D eigenvalue weighted by Crippen LogP contribution is 2.44. The Morgan fingerprint density at radius 2 is 1.18 bits per heavy atom. The van der Waals surface area contributed by atoms with Crippen molar-refractivity contribution in [1.82, 2.24) is 9.97 Å².